The predicted molar refractivity (Wildman–Crippen MR) is 136 cm³/mol. The highest BCUT2D eigenvalue weighted by Gasteiger charge is 2.17. The van der Waals surface area contributed by atoms with Crippen molar-refractivity contribution in [2.75, 3.05) is 14.2 Å². The maximum atomic E-state index is 11.9. The summed E-state index contributed by atoms with van der Waals surface area (Å²) < 4.78 is 22.0. The highest BCUT2D eigenvalue weighted by molar-refractivity contribution is 8.03. The molecule has 10 heteroatoms. The van der Waals surface area contributed by atoms with Gasteiger partial charge in [0.1, 0.15) is 28.8 Å². The first-order valence-electron chi connectivity index (χ1n) is 10.9. The smallest absolute Gasteiger partial charge is 0.342 e. The second-order valence-electron chi connectivity index (χ2n) is 7.56. The van der Waals surface area contributed by atoms with Crippen LogP contribution in [-0.4, -0.2) is 35.5 Å². The molecule has 0 unspecified atom stereocenters. The number of hydrogen-bond donors (Lipinski definition) is 1. The highest BCUT2D eigenvalue weighted by atomic mass is 32.2. The summed E-state index contributed by atoms with van der Waals surface area (Å²) in [5.74, 6) is 0.804. The van der Waals surface area contributed by atoms with Gasteiger partial charge in [0.25, 0.3) is 5.22 Å². The number of carboxylic acid groups (broad SMARTS) is 1. The number of carbonyl (C=O) groups is 1. The first kappa shape index (κ1) is 25.3. The van der Waals surface area contributed by atoms with Crippen LogP contribution in [-0.2, 0) is 11.4 Å². The van der Waals surface area contributed by atoms with Gasteiger partial charge in [0.15, 0.2) is 0 Å². The molecule has 4 aromatic rings. The van der Waals surface area contributed by atoms with E-state index >= 15 is 0 Å². The van der Waals surface area contributed by atoms with Crippen LogP contribution in [0.2, 0.25) is 0 Å². The molecule has 9 nitrogen and oxygen atoms in total. The van der Waals surface area contributed by atoms with Gasteiger partial charge in [-0.15, -0.1) is 10.2 Å². The normalized spacial score (nSPS) is 11.0. The standard InChI is InChI=1S/C27H21N3O6S/c1-33-22-12-20(13-23(14-22)34-2)25-29-30-27(36-25)37-24(26(31)32)11-17-7-9-21(10-8-17)35-16-19-5-3-18(15-28)4-6-19/h3-14H,16H2,1-2H3,(H,31,32)/b24-11-. The van der Waals surface area contributed by atoms with Crippen molar-refractivity contribution in [1.82, 2.24) is 10.2 Å². The molecule has 1 aromatic heterocycles. The Bertz CT molecular complexity index is 1430. The van der Waals surface area contributed by atoms with Gasteiger partial charge in [-0.25, -0.2) is 4.79 Å². The monoisotopic (exact) mass is 515 g/mol. The molecule has 0 saturated carbocycles. The highest BCUT2D eigenvalue weighted by Crippen LogP contribution is 2.33. The van der Waals surface area contributed by atoms with E-state index in [0.717, 1.165) is 17.3 Å². The van der Waals surface area contributed by atoms with Gasteiger partial charge in [-0.05, 0) is 65.4 Å². The van der Waals surface area contributed by atoms with Gasteiger partial charge in [0.05, 0.1) is 25.9 Å². The summed E-state index contributed by atoms with van der Waals surface area (Å²) in [6, 6.07) is 21.3. The number of hydrogen-bond acceptors (Lipinski definition) is 9. The number of carboxylic acids is 1. The minimum absolute atomic E-state index is 0.00433. The number of methoxy groups -OCH3 is 2. The fourth-order valence-electron chi connectivity index (χ4n) is 3.18. The van der Waals surface area contributed by atoms with E-state index < -0.39 is 5.97 Å². The van der Waals surface area contributed by atoms with Crippen molar-refractivity contribution in [2.24, 2.45) is 0 Å². The Hall–Kier alpha value is -4.75. The first-order chi connectivity index (χ1) is 18.0. The second kappa shape index (κ2) is 11.8. The third-order valence-electron chi connectivity index (χ3n) is 5.08. The van der Waals surface area contributed by atoms with Gasteiger partial charge in [0, 0.05) is 11.6 Å². The number of thioether (sulfide) groups is 1. The van der Waals surface area contributed by atoms with E-state index in [2.05, 4.69) is 16.3 Å². The third kappa shape index (κ3) is 6.68. The van der Waals surface area contributed by atoms with Crippen LogP contribution in [0.25, 0.3) is 17.5 Å². The Kier molecular flexibility index (Phi) is 8.08. The molecule has 0 amide bonds. The number of aliphatic carboxylic acids is 1. The number of nitriles is 1. The maximum Gasteiger partial charge on any atom is 0.342 e. The van der Waals surface area contributed by atoms with Crippen LogP contribution >= 0.6 is 11.8 Å². The van der Waals surface area contributed by atoms with Crippen molar-refractivity contribution in [3.63, 3.8) is 0 Å². The fraction of sp³-hybridized carbons (Fsp3) is 0.111. The number of nitrogens with zero attached hydrogens (tertiary/aromatic N) is 3. The molecule has 1 N–H and O–H groups in total. The van der Waals surface area contributed by atoms with Gasteiger partial charge in [-0.3, -0.25) is 0 Å². The van der Waals surface area contributed by atoms with Crippen LogP contribution in [0.1, 0.15) is 16.7 Å². The van der Waals surface area contributed by atoms with E-state index in [1.54, 1.807) is 54.6 Å². The van der Waals surface area contributed by atoms with Gasteiger partial charge in [-0.2, -0.15) is 5.26 Å². The summed E-state index contributed by atoms with van der Waals surface area (Å²) in [4.78, 5) is 11.9. The molecular weight excluding hydrogens is 494 g/mol. The molecule has 0 radical (unpaired) electrons. The molecule has 186 valence electrons. The summed E-state index contributed by atoms with van der Waals surface area (Å²) in [5.41, 5.74) is 2.75. The van der Waals surface area contributed by atoms with Gasteiger partial charge >= 0.3 is 5.97 Å². The molecule has 0 atom stereocenters. The maximum absolute atomic E-state index is 11.9. The SMILES string of the molecule is COc1cc(OC)cc(-c2nnc(S/C(=C\c3ccc(OCc4ccc(C#N)cc4)cc3)C(=O)O)o2)c1. The second-order valence-corrected chi connectivity index (χ2v) is 8.55. The van der Waals surface area contributed by atoms with E-state index in [-0.39, 0.29) is 16.0 Å². The summed E-state index contributed by atoms with van der Waals surface area (Å²) >= 11 is 0.846. The summed E-state index contributed by atoms with van der Waals surface area (Å²) in [6.45, 7) is 0.343. The zero-order valence-corrected chi connectivity index (χ0v) is 20.7. The lowest BCUT2D eigenvalue weighted by Gasteiger charge is -2.07. The van der Waals surface area contributed by atoms with E-state index in [1.165, 1.54) is 20.3 Å². The van der Waals surface area contributed by atoms with Crippen molar-refractivity contribution in [2.45, 2.75) is 11.8 Å². The molecule has 3 aromatic carbocycles. The van der Waals surface area contributed by atoms with Gasteiger partial charge in [0.2, 0.25) is 5.89 Å². The molecule has 4 rings (SSSR count). The Balaban J connectivity index is 1.44. The van der Waals surface area contributed by atoms with Crippen molar-refractivity contribution in [3.05, 3.63) is 88.3 Å². The van der Waals surface area contributed by atoms with Crippen molar-refractivity contribution >= 4 is 23.8 Å². The van der Waals surface area contributed by atoms with Crippen LogP contribution in [0.4, 0.5) is 0 Å². The fourth-order valence-corrected chi connectivity index (χ4v) is 3.85. The van der Waals surface area contributed by atoms with Crippen LogP contribution < -0.4 is 14.2 Å². The van der Waals surface area contributed by atoms with Crippen LogP contribution in [0.5, 0.6) is 17.2 Å². The van der Waals surface area contributed by atoms with E-state index in [0.29, 0.717) is 40.5 Å². The van der Waals surface area contributed by atoms with E-state index in [9.17, 15) is 9.90 Å². The molecule has 0 aliphatic heterocycles. The van der Waals surface area contributed by atoms with Crippen molar-refractivity contribution in [3.8, 4) is 34.8 Å². The van der Waals surface area contributed by atoms with E-state index in [4.69, 9.17) is 23.9 Å². The number of aromatic nitrogens is 2. The quantitative estimate of drug-likeness (QED) is 0.216. The summed E-state index contributed by atoms with van der Waals surface area (Å²) in [7, 11) is 3.07. The average molecular weight is 516 g/mol. The average Bonchev–Trinajstić information content (AvgIpc) is 3.41. The molecule has 0 aliphatic carbocycles. The number of ether oxygens (including phenoxy) is 3. The lowest BCUT2D eigenvalue weighted by Crippen LogP contribution is -1.97. The molecule has 0 aliphatic rings. The zero-order valence-electron chi connectivity index (χ0n) is 19.9. The molecule has 1 heterocycles. The van der Waals surface area contributed by atoms with Crippen LogP contribution in [0.3, 0.4) is 0 Å². The molecular formula is C27H21N3O6S. The first-order valence-corrected chi connectivity index (χ1v) is 11.7. The molecule has 37 heavy (non-hydrogen) atoms. The van der Waals surface area contributed by atoms with Crippen molar-refractivity contribution in [1.29, 1.82) is 5.26 Å². The van der Waals surface area contributed by atoms with E-state index in [1.807, 2.05) is 12.1 Å². The predicted octanol–water partition coefficient (Wildman–Crippen LogP) is 5.42. The van der Waals surface area contributed by atoms with Crippen LogP contribution in [0.15, 0.2) is 81.3 Å². The molecule has 0 fully saturated rings. The minimum atomic E-state index is -1.13. The molecule has 0 bridgehead atoms. The van der Waals surface area contributed by atoms with Crippen LogP contribution in [0, 0.1) is 11.3 Å². The Morgan fingerprint density at radius 3 is 2.27 bits per heavy atom. The zero-order chi connectivity index (χ0) is 26.2. The lowest BCUT2D eigenvalue weighted by molar-refractivity contribution is -0.131. The van der Waals surface area contributed by atoms with Gasteiger partial charge in [-0.1, -0.05) is 24.3 Å². The molecule has 0 saturated heterocycles. The topological polar surface area (TPSA) is 128 Å². The number of benzene rings is 3. The Morgan fingerprint density at radius 1 is 1.00 bits per heavy atom. The summed E-state index contributed by atoms with van der Waals surface area (Å²) in [5, 5.41) is 26.6. The third-order valence-corrected chi connectivity index (χ3v) is 5.93. The lowest BCUT2D eigenvalue weighted by atomic mass is 10.1. The molecule has 0 spiro atoms. The minimum Gasteiger partial charge on any atom is -0.497 e. The van der Waals surface area contributed by atoms with Crippen molar-refractivity contribution < 1.29 is 28.5 Å². The Labute approximate surface area is 216 Å². The number of rotatable bonds is 10. The largest absolute Gasteiger partial charge is 0.497 e. The Morgan fingerprint density at radius 2 is 1.68 bits per heavy atom. The van der Waals surface area contributed by atoms with Gasteiger partial charge < -0.3 is 23.7 Å². The summed E-state index contributed by atoms with van der Waals surface area (Å²) in [6.07, 6.45) is 1.51.